The van der Waals surface area contributed by atoms with E-state index in [4.69, 9.17) is 0 Å². The lowest BCUT2D eigenvalue weighted by molar-refractivity contribution is 0.758. The molecule has 20 heavy (non-hydrogen) atoms. The average molecular weight is 385 g/mol. The zero-order valence-corrected chi connectivity index (χ0v) is 14.0. The van der Waals surface area contributed by atoms with Gasteiger partial charge in [0.05, 0.1) is 12.2 Å². The Morgan fingerprint density at radius 2 is 2.30 bits per heavy atom. The van der Waals surface area contributed by atoms with Gasteiger partial charge in [0, 0.05) is 25.5 Å². The largest absolute Gasteiger partial charge is 0.353 e. The minimum absolute atomic E-state index is 0. The monoisotopic (exact) mass is 385 g/mol. The summed E-state index contributed by atoms with van der Waals surface area (Å²) in [5.41, 5.74) is 1.98. The Morgan fingerprint density at radius 3 is 2.95 bits per heavy atom. The Hall–Kier alpha value is -1.31. The van der Waals surface area contributed by atoms with Crippen molar-refractivity contribution in [2.75, 3.05) is 7.05 Å². The van der Waals surface area contributed by atoms with Crippen LogP contribution in [-0.4, -0.2) is 28.4 Å². The lowest BCUT2D eigenvalue weighted by Gasteiger charge is -2.09. The molecule has 2 atom stereocenters. The second-order valence-electron chi connectivity index (χ2n) is 5.09. The second-order valence-corrected chi connectivity index (χ2v) is 5.09. The first-order chi connectivity index (χ1) is 9.26. The van der Waals surface area contributed by atoms with Gasteiger partial charge in [-0.2, -0.15) is 0 Å². The highest BCUT2D eigenvalue weighted by atomic mass is 127. The number of rotatable bonds is 3. The minimum atomic E-state index is 0. The van der Waals surface area contributed by atoms with Crippen molar-refractivity contribution in [2.24, 2.45) is 10.9 Å². The summed E-state index contributed by atoms with van der Waals surface area (Å²) in [6.07, 6.45) is 5.27. The summed E-state index contributed by atoms with van der Waals surface area (Å²) in [6, 6.07) is 6.57. The topological polar surface area (TPSA) is 53.7 Å². The number of imidazole rings is 1. The molecule has 1 aliphatic carbocycles. The fraction of sp³-hybridized carbons (Fsp3) is 0.429. The molecule has 2 N–H and O–H groups in total. The molecule has 0 aromatic carbocycles. The third kappa shape index (κ3) is 3.41. The number of hydrogen-bond acceptors (Lipinski definition) is 2. The van der Waals surface area contributed by atoms with Crippen LogP contribution >= 0.6 is 24.0 Å². The molecule has 0 amide bonds. The van der Waals surface area contributed by atoms with E-state index in [1.165, 1.54) is 6.42 Å². The van der Waals surface area contributed by atoms with E-state index in [2.05, 4.69) is 27.5 Å². The SMILES string of the molecule is CN=C(NCc1cn2ccccc2n1)NC1CC1C.I. The van der Waals surface area contributed by atoms with Crippen LogP contribution in [0.5, 0.6) is 0 Å². The number of nitrogens with zero attached hydrogens (tertiary/aromatic N) is 3. The first-order valence-electron chi connectivity index (χ1n) is 6.66. The van der Waals surface area contributed by atoms with Gasteiger partial charge in [-0.15, -0.1) is 24.0 Å². The van der Waals surface area contributed by atoms with Crippen molar-refractivity contribution in [3.63, 3.8) is 0 Å². The molecular formula is C14H20IN5. The number of aliphatic imine (C=N–C) groups is 1. The first kappa shape index (κ1) is 15.1. The number of guanidine groups is 1. The van der Waals surface area contributed by atoms with E-state index in [1.807, 2.05) is 35.0 Å². The van der Waals surface area contributed by atoms with E-state index in [9.17, 15) is 0 Å². The molecule has 5 nitrogen and oxygen atoms in total. The van der Waals surface area contributed by atoms with Gasteiger partial charge in [0.2, 0.25) is 0 Å². The van der Waals surface area contributed by atoms with Gasteiger partial charge in [-0.3, -0.25) is 4.99 Å². The summed E-state index contributed by atoms with van der Waals surface area (Å²) in [5.74, 6) is 1.61. The number of nitrogens with one attached hydrogen (secondary N) is 2. The summed E-state index contributed by atoms with van der Waals surface area (Å²) in [7, 11) is 1.80. The van der Waals surface area contributed by atoms with Crippen molar-refractivity contribution < 1.29 is 0 Å². The molecule has 2 aromatic rings. The zero-order chi connectivity index (χ0) is 13.2. The molecule has 0 saturated heterocycles. The Morgan fingerprint density at radius 1 is 1.50 bits per heavy atom. The lowest BCUT2D eigenvalue weighted by Crippen LogP contribution is -2.38. The van der Waals surface area contributed by atoms with Gasteiger partial charge >= 0.3 is 0 Å². The average Bonchev–Trinajstić information content (AvgIpc) is 2.96. The maximum atomic E-state index is 4.55. The highest BCUT2D eigenvalue weighted by Gasteiger charge is 2.33. The molecule has 1 aliphatic rings. The summed E-state index contributed by atoms with van der Waals surface area (Å²) in [6.45, 7) is 2.93. The third-order valence-corrected chi connectivity index (χ3v) is 3.51. The molecule has 3 rings (SSSR count). The molecule has 6 heteroatoms. The third-order valence-electron chi connectivity index (χ3n) is 3.51. The molecule has 108 valence electrons. The lowest BCUT2D eigenvalue weighted by atomic mass is 10.4. The summed E-state index contributed by atoms with van der Waals surface area (Å²) in [5, 5.41) is 6.70. The molecule has 0 bridgehead atoms. The van der Waals surface area contributed by atoms with Crippen molar-refractivity contribution in [3.05, 3.63) is 36.3 Å². The molecule has 0 spiro atoms. The van der Waals surface area contributed by atoms with E-state index in [0.29, 0.717) is 12.6 Å². The van der Waals surface area contributed by atoms with Crippen LogP contribution in [0.3, 0.4) is 0 Å². The molecule has 1 saturated carbocycles. The van der Waals surface area contributed by atoms with Gasteiger partial charge in [-0.25, -0.2) is 4.98 Å². The van der Waals surface area contributed by atoms with Gasteiger partial charge in [0.1, 0.15) is 5.65 Å². The first-order valence-corrected chi connectivity index (χ1v) is 6.66. The van der Waals surface area contributed by atoms with E-state index < -0.39 is 0 Å². The Bertz CT molecular complexity index is 573. The second kappa shape index (κ2) is 6.43. The van der Waals surface area contributed by atoms with E-state index in [0.717, 1.165) is 23.2 Å². The van der Waals surface area contributed by atoms with Crippen LogP contribution in [-0.2, 0) is 6.54 Å². The van der Waals surface area contributed by atoms with Crippen LogP contribution in [0.25, 0.3) is 5.65 Å². The molecule has 0 radical (unpaired) electrons. The van der Waals surface area contributed by atoms with Crippen molar-refractivity contribution in [2.45, 2.75) is 25.9 Å². The molecule has 2 unspecified atom stereocenters. The smallest absolute Gasteiger partial charge is 0.191 e. The van der Waals surface area contributed by atoms with Crippen LogP contribution in [0.15, 0.2) is 35.6 Å². The minimum Gasteiger partial charge on any atom is -0.353 e. The highest BCUT2D eigenvalue weighted by Crippen LogP contribution is 2.28. The van der Waals surface area contributed by atoms with Crippen molar-refractivity contribution >= 4 is 35.6 Å². The fourth-order valence-electron chi connectivity index (χ4n) is 2.14. The quantitative estimate of drug-likeness (QED) is 0.483. The maximum Gasteiger partial charge on any atom is 0.191 e. The number of aromatic nitrogens is 2. The number of halogens is 1. The molecule has 2 heterocycles. The Balaban J connectivity index is 0.00000147. The van der Waals surface area contributed by atoms with Crippen molar-refractivity contribution in [3.8, 4) is 0 Å². The Kier molecular flexibility index (Phi) is 4.85. The molecule has 0 aliphatic heterocycles. The molecular weight excluding hydrogens is 365 g/mol. The number of fused-ring (bicyclic) bond motifs is 1. The maximum absolute atomic E-state index is 4.55. The van der Waals surface area contributed by atoms with Crippen LogP contribution in [0, 0.1) is 5.92 Å². The van der Waals surface area contributed by atoms with Crippen molar-refractivity contribution in [1.29, 1.82) is 0 Å². The van der Waals surface area contributed by atoms with E-state index in [-0.39, 0.29) is 24.0 Å². The van der Waals surface area contributed by atoms with Crippen LogP contribution in [0.1, 0.15) is 19.0 Å². The van der Waals surface area contributed by atoms with Gasteiger partial charge in [0.25, 0.3) is 0 Å². The van der Waals surface area contributed by atoms with Crippen LogP contribution < -0.4 is 10.6 Å². The fourth-order valence-corrected chi connectivity index (χ4v) is 2.14. The van der Waals surface area contributed by atoms with Gasteiger partial charge < -0.3 is 15.0 Å². The van der Waals surface area contributed by atoms with Gasteiger partial charge in [-0.1, -0.05) is 13.0 Å². The number of pyridine rings is 1. The summed E-state index contributed by atoms with van der Waals surface area (Å²) in [4.78, 5) is 8.78. The predicted molar refractivity (Wildman–Crippen MR) is 91.5 cm³/mol. The Labute approximate surface area is 135 Å². The molecule has 2 aromatic heterocycles. The van der Waals surface area contributed by atoms with Gasteiger partial charge in [0.15, 0.2) is 5.96 Å². The van der Waals surface area contributed by atoms with E-state index >= 15 is 0 Å². The normalized spacial score (nSPS) is 21.4. The van der Waals surface area contributed by atoms with E-state index in [1.54, 1.807) is 7.05 Å². The van der Waals surface area contributed by atoms with Gasteiger partial charge in [-0.05, 0) is 24.5 Å². The highest BCUT2D eigenvalue weighted by molar-refractivity contribution is 14.0. The zero-order valence-electron chi connectivity index (χ0n) is 11.7. The van der Waals surface area contributed by atoms with Crippen molar-refractivity contribution in [1.82, 2.24) is 20.0 Å². The molecule has 1 fully saturated rings. The number of hydrogen-bond donors (Lipinski definition) is 2. The summed E-state index contributed by atoms with van der Waals surface area (Å²) >= 11 is 0. The predicted octanol–water partition coefficient (Wildman–Crippen LogP) is 2.03. The summed E-state index contributed by atoms with van der Waals surface area (Å²) < 4.78 is 2.02. The van der Waals surface area contributed by atoms with Crippen LogP contribution in [0.4, 0.5) is 0 Å². The van der Waals surface area contributed by atoms with Crippen LogP contribution in [0.2, 0.25) is 0 Å². The standard InChI is InChI=1S/C14H19N5.HI/c1-10-7-12(10)18-14(15-2)16-8-11-9-19-6-4-3-5-13(19)17-11;/h3-6,9-10,12H,7-8H2,1-2H3,(H2,15,16,18);1H.